The van der Waals surface area contributed by atoms with Crippen molar-refractivity contribution in [3.63, 3.8) is 0 Å². The molecule has 0 saturated heterocycles. The van der Waals surface area contributed by atoms with E-state index in [1.807, 2.05) is 4.90 Å². The molecule has 1 aliphatic carbocycles. The molecule has 1 aliphatic heterocycles. The fourth-order valence-electron chi connectivity index (χ4n) is 3.61. The van der Waals surface area contributed by atoms with Gasteiger partial charge in [-0.25, -0.2) is 13.1 Å². The van der Waals surface area contributed by atoms with E-state index in [9.17, 15) is 13.2 Å². The van der Waals surface area contributed by atoms with E-state index in [1.165, 1.54) is 10.4 Å². The third kappa shape index (κ3) is 4.06. The van der Waals surface area contributed by atoms with Gasteiger partial charge in [0.25, 0.3) is 0 Å². The minimum Gasteiger partial charge on any atom is -0.332 e. The summed E-state index contributed by atoms with van der Waals surface area (Å²) in [5, 5.41) is 2.10. The van der Waals surface area contributed by atoms with E-state index in [2.05, 4.69) is 23.1 Å². The number of carbonyl (C=O) groups excluding carboxylic acids is 1. The zero-order chi connectivity index (χ0) is 19.7. The molecule has 1 aromatic carbocycles. The van der Waals surface area contributed by atoms with Gasteiger partial charge in [0.2, 0.25) is 15.9 Å². The first-order valence-corrected chi connectivity index (χ1v) is 12.0. The maximum absolute atomic E-state index is 12.8. The number of carbonyl (C=O) groups is 1. The third-order valence-electron chi connectivity index (χ3n) is 5.27. The van der Waals surface area contributed by atoms with E-state index < -0.39 is 10.0 Å². The van der Waals surface area contributed by atoms with Crippen LogP contribution in [0.5, 0.6) is 0 Å². The molecule has 1 fully saturated rings. The van der Waals surface area contributed by atoms with E-state index in [1.54, 1.807) is 47.8 Å². The van der Waals surface area contributed by atoms with Crippen LogP contribution in [0.1, 0.15) is 48.2 Å². The fraction of sp³-hybridized carbons (Fsp3) is 0.381. The zero-order valence-corrected chi connectivity index (χ0v) is 17.4. The van der Waals surface area contributed by atoms with Gasteiger partial charge in [-0.2, -0.15) is 0 Å². The van der Waals surface area contributed by atoms with Crippen molar-refractivity contribution in [1.29, 1.82) is 0 Å². The Labute approximate surface area is 170 Å². The molecule has 2 heterocycles. The molecular weight excluding hydrogens is 392 g/mol. The lowest BCUT2D eigenvalue weighted by molar-refractivity contribution is -0.128. The number of sulfonamides is 1. The topological polar surface area (TPSA) is 66.5 Å². The number of thiophene rings is 1. The highest BCUT2D eigenvalue weighted by Gasteiger charge is 2.29. The number of rotatable bonds is 6. The van der Waals surface area contributed by atoms with Crippen LogP contribution in [0.15, 0.2) is 46.7 Å². The molecular formula is C21H24N2O3S2. The summed E-state index contributed by atoms with van der Waals surface area (Å²) in [5.41, 5.74) is 2.08. The maximum Gasteiger partial charge on any atom is 0.247 e. The van der Waals surface area contributed by atoms with Gasteiger partial charge in [0, 0.05) is 23.5 Å². The van der Waals surface area contributed by atoms with E-state index in [0.29, 0.717) is 0 Å². The summed E-state index contributed by atoms with van der Waals surface area (Å²) in [5.74, 6) is -0.00389. The van der Waals surface area contributed by atoms with Crippen LogP contribution in [0.3, 0.4) is 0 Å². The number of benzene rings is 1. The molecule has 1 aromatic heterocycles. The molecule has 0 bridgehead atoms. The van der Waals surface area contributed by atoms with Crippen LogP contribution in [0.2, 0.25) is 0 Å². The second-order valence-corrected chi connectivity index (χ2v) is 10.0. The molecule has 1 unspecified atom stereocenters. The molecule has 148 valence electrons. The van der Waals surface area contributed by atoms with Crippen LogP contribution >= 0.6 is 11.3 Å². The lowest BCUT2D eigenvalue weighted by atomic mass is 9.97. The number of nitrogens with zero attached hydrogens (tertiary/aromatic N) is 1. The van der Waals surface area contributed by atoms with E-state index in [4.69, 9.17) is 0 Å². The van der Waals surface area contributed by atoms with E-state index in [-0.39, 0.29) is 22.9 Å². The highest BCUT2D eigenvalue weighted by molar-refractivity contribution is 7.89. The minimum absolute atomic E-state index is 0.00389. The Morgan fingerprint density at radius 3 is 2.68 bits per heavy atom. The first kappa shape index (κ1) is 19.4. The van der Waals surface area contributed by atoms with Crippen molar-refractivity contribution in [3.8, 4) is 0 Å². The largest absolute Gasteiger partial charge is 0.332 e. The summed E-state index contributed by atoms with van der Waals surface area (Å²) in [7, 11) is -3.44. The van der Waals surface area contributed by atoms with Gasteiger partial charge in [0.15, 0.2) is 0 Å². The summed E-state index contributed by atoms with van der Waals surface area (Å²) in [6.07, 6.45) is 6.96. The lowest BCUT2D eigenvalue weighted by Crippen LogP contribution is -2.38. The Hall–Kier alpha value is -1.96. The molecule has 7 heteroatoms. The Kier molecular flexibility index (Phi) is 5.40. The quantitative estimate of drug-likeness (QED) is 0.730. The van der Waals surface area contributed by atoms with Crippen LogP contribution < -0.4 is 4.72 Å². The summed E-state index contributed by atoms with van der Waals surface area (Å²) in [4.78, 5) is 16.3. The minimum atomic E-state index is -3.44. The Bertz CT molecular complexity index is 989. The Morgan fingerprint density at radius 2 is 2.00 bits per heavy atom. The molecule has 0 spiro atoms. The van der Waals surface area contributed by atoms with Gasteiger partial charge < -0.3 is 4.90 Å². The summed E-state index contributed by atoms with van der Waals surface area (Å²) < 4.78 is 27.1. The van der Waals surface area contributed by atoms with Crippen molar-refractivity contribution in [2.24, 2.45) is 0 Å². The number of hydrogen-bond acceptors (Lipinski definition) is 4. The highest BCUT2D eigenvalue weighted by Crippen LogP contribution is 2.35. The number of amides is 1. The van der Waals surface area contributed by atoms with Crippen molar-refractivity contribution in [1.82, 2.24) is 9.62 Å². The first-order chi connectivity index (χ1) is 13.5. The van der Waals surface area contributed by atoms with Crippen molar-refractivity contribution in [3.05, 3.63) is 57.8 Å². The van der Waals surface area contributed by atoms with Crippen LogP contribution in [0.25, 0.3) is 6.08 Å². The van der Waals surface area contributed by atoms with Crippen molar-refractivity contribution in [2.45, 2.75) is 49.6 Å². The summed E-state index contributed by atoms with van der Waals surface area (Å²) >= 11 is 1.77. The lowest BCUT2D eigenvalue weighted by Gasteiger charge is -2.34. The number of fused-ring (bicyclic) bond motifs is 1. The van der Waals surface area contributed by atoms with Crippen LogP contribution in [-0.4, -0.2) is 31.8 Å². The van der Waals surface area contributed by atoms with E-state index in [0.717, 1.165) is 37.8 Å². The second kappa shape index (κ2) is 7.81. The molecule has 1 atom stereocenters. The van der Waals surface area contributed by atoms with Gasteiger partial charge in [-0.3, -0.25) is 4.79 Å². The SMILES string of the molecule is CCC1c2ccsc2CCN1C(=O)/C=C/c1ccc(S(=O)(=O)NC2CC2)cc1. The third-order valence-corrected chi connectivity index (χ3v) is 7.81. The van der Waals surface area contributed by atoms with Crippen molar-refractivity contribution < 1.29 is 13.2 Å². The van der Waals surface area contributed by atoms with Crippen LogP contribution in [0.4, 0.5) is 0 Å². The molecule has 28 heavy (non-hydrogen) atoms. The standard InChI is InChI=1S/C21H24N2O3S2/c1-2-19-18-12-14-27-20(18)11-13-23(19)21(24)10-5-15-3-8-17(9-4-15)28(25,26)22-16-6-7-16/h3-5,8-10,12,14,16,19,22H,2,6-7,11,13H2,1H3/b10-5+. The van der Waals surface area contributed by atoms with Crippen LogP contribution in [-0.2, 0) is 21.2 Å². The summed E-state index contributed by atoms with van der Waals surface area (Å²) in [6.45, 7) is 2.84. The maximum atomic E-state index is 12.8. The molecule has 5 nitrogen and oxygen atoms in total. The molecule has 1 saturated carbocycles. The van der Waals surface area contributed by atoms with Gasteiger partial charge in [0.1, 0.15) is 0 Å². The average molecular weight is 417 g/mol. The number of nitrogens with one attached hydrogen (secondary N) is 1. The highest BCUT2D eigenvalue weighted by atomic mass is 32.2. The van der Waals surface area contributed by atoms with Crippen molar-refractivity contribution >= 4 is 33.3 Å². The zero-order valence-electron chi connectivity index (χ0n) is 15.8. The predicted molar refractivity (Wildman–Crippen MR) is 112 cm³/mol. The molecule has 1 amide bonds. The van der Waals surface area contributed by atoms with Gasteiger partial charge in [0.05, 0.1) is 10.9 Å². The van der Waals surface area contributed by atoms with Crippen LogP contribution in [0, 0.1) is 0 Å². The molecule has 2 aromatic rings. The molecule has 1 N–H and O–H groups in total. The van der Waals surface area contributed by atoms with Gasteiger partial charge >= 0.3 is 0 Å². The second-order valence-electron chi connectivity index (χ2n) is 7.30. The van der Waals surface area contributed by atoms with Crippen molar-refractivity contribution in [2.75, 3.05) is 6.54 Å². The summed E-state index contributed by atoms with van der Waals surface area (Å²) in [6, 6.07) is 8.98. The van der Waals surface area contributed by atoms with Gasteiger partial charge in [-0.15, -0.1) is 11.3 Å². The Morgan fingerprint density at radius 1 is 1.25 bits per heavy atom. The predicted octanol–water partition coefficient (Wildman–Crippen LogP) is 3.74. The molecule has 0 radical (unpaired) electrons. The molecule has 4 rings (SSSR count). The molecule has 2 aliphatic rings. The van der Waals surface area contributed by atoms with E-state index >= 15 is 0 Å². The van der Waals surface area contributed by atoms with Gasteiger partial charge in [-0.05, 0) is 66.5 Å². The first-order valence-electron chi connectivity index (χ1n) is 9.65. The fourth-order valence-corrected chi connectivity index (χ4v) is 5.84. The van der Waals surface area contributed by atoms with Gasteiger partial charge in [-0.1, -0.05) is 19.1 Å². The average Bonchev–Trinajstić information content (AvgIpc) is 3.36. The number of hydrogen-bond donors (Lipinski definition) is 1. The smallest absolute Gasteiger partial charge is 0.247 e. The Balaban J connectivity index is 1.44. The normalized spacial score (nSPS) is 19.8. The monoisotopic (exact) mass is 416 g/mol.